The van der Waals surface area contributed by atoms with Gasteiger partial charge in [-0.3, -0.25) is 0 Å². The summed E-state index contributed by atoms with van der Waals surface area (Å²) >= 11 is 0. The number of allylic oxidation sites excluding steroid dienone is 8. The number of hydrogen-bond acceptors (Lipinski definition) is 0. The summed E-state index contributed by atoms with van der Waals surface area (Å²) in [7, 11) is 0. The molecule has 0 aromatic heterocycles. The number of fused-ring (bicyclic) bond motifs is 2. The first-order chi connectivity index (χ1) is 6.43. The molecule has 0 aromatic carbocycles. The van der Waals surface area contributed by atoms with E-state index in [1.54, 1.807) is 16.7 Å². The Morgan fingerprint density at radius 2 is 1.92 bits per heavy atom. The Bertz CT molecular complexity index is 350. The first-order valence-corrected chi connectivity index (χ1v) is 5.19. The molecule has 13 heavy (non-hydrogen) atoms. The van der Waals surface area contributed by atoms with Gasteiger partial charge in [-0.05, 0) is 36.8 Å². The Hall–Kier alpha value is -1.04. The van der Waals surface area contributed by atoms with E-state index in [1.165, 1.54) is 25.7 Å². The summed E-state index contributed by atoms with van der Waals surface area (Å²) in [5.41, 5.74) is 4.86. The Labute approximate surface area is 79.3 Å². The molecule has 0 saturated heterocycles. The lowest BCUT2D eigenvalue weighted by Crippen LogP contribution is -2.11. The molecule has 0 spiro atoms. The van der Waals surface area contributed by atoms with Gasteiger partial charge in [-0.25, -0.2) is 0 Å². The minimum Gasteiger partial charge on any atom is -0.0807 e. The molecule has 1 unspecified atom stereocenters. The Morgan fingerprint density at radius 3 is 2.85 bits per heavy atom. The fourth-order valence-corrected chi connectivity index (χ4v) is 2.58. The lowest BCUT2D eigenvalue weighted by Gasteiger charge is -2.27. The highest BCUT2D eigenvalue weighted by Gasteiger charge is 2.25. The lowest BCUT2D eigenvalue weighted by molar-refractivity contribution is 0.682. The van der Waals surface area contributed by atoms with Gasteiger partial charge in [0.05, 0.1) is 0 Å². The summed E-state index contributed by atoms with van der Waals surface area (Å²) in [5, 5.41) is 0. The van der Waals surface area contributed by atoms with Gasteiger partial charge in [0.2, 0.25) is 0 Å². The second kappa shape index (κ2) is 2.73. The van der Waals surface area contributed by atoms with Crippen molar-refractivity contribution >= 4 is 0 Å². The van der Waals surface area contributed by atoms with E-state index in [-0.39, 0.29) is 0 Å². The van der Waals surface area contributed by atoms with Gasteiger partial charge in [0.1, 0.15) is 0 Å². The molecule has 0 bridgehead atoms. The highest BCUT2D eigenvalue weighted by molar-refractivity contribution is 5.46. The van der Waals surface area contributed by atoms with Crippen molar-refractivity contribution in [1.82, 2.24) is 0 Å². The molecule has 0 amide bonds. The molecule has 1 saturated carbocycles. The molecular formula is C13H14. The Balaban J connectivity index is 1.96. The molecule has 1 fully saturated rings. The van der Waals surface area contributed by atoms with Crippen LogP contribution in [-0.4, -0.2) is 0 Å². The number of rotatable bonds is 0. The minimum absolute atomic E-state index is 0.737. The zero-order chi connectivity index (χ0) is 8.67. The summed E-state index contributed by atoms with van der Waals surface area (Å²) in [6.07, 6.45) is 16.7. The molecule has 66 valence electrons. The van der Waals surface area contributed by atoms with Crippen LogP contribution in [0.15, 0.2) is 47.1 Å². The van der Waals surface area contributed by atoms with Crippen molar-refractivity contribution in [3.05, 3.63) is 47.1 Å². The van der Waals surface area contributed by atoms with Crippen molar-refractivity contribution in [3.8, 4) is 0 Å². The maximum absolute atomic E-state index is 2.44. The topological polar surface area (TPSA) is 0 Å². The van der Waals surface area contributed by atoms with E-state index in [0.717, 1.165) is 5.92 Å². The van der Waals surface area contributed by atoms with Gasteiger partial charge in [-0.15, -0.1) is 0 Å². The van der Waals surface area contributed by atoms with Crippen molar-refractivity contribution in [2.45, 2.75) is 25.7 Å². The van der Waals surface area contributed by atoms with Crippen molar-refractivity contribution < 1.29 is 0 Å². The summed E-state index contributed by atoms with van der Waals surface area (Å²) in [5.74, 6) is 0.737. The first kappa shape index (κ1) is 7.37. The van der Waals surface area contributed by atoms with Crippen LogP contribution < -0.4 is 0 Å². The molecule has 1 atom stereocenters. The molecule has 3 aliphatic rings. The van der Waals surface area contributed by atoms with Crippen LogP contribution in [0.5, 0.6) is 0 Å². The second-order valence-corrected chi connectivity index (χ2v) is 4.15. The molecule has 0 N–H and O–H groups in total. The van der Waals surface area contributed by atoms with Crippen LogP contribution in [0.4, 0.5) is 0 Å². The van der Waals surface area contributed by atoms with Crippen LogP contribution >= 0.6 is 0 Å². The van der Waals surface area contributed by atoms with Gasteiger partial charge < -0.3 is 0 Å². The summed E-state index contributed by atoms with van der Waals surface area (Å²) in [6.45, 7) is 0. The zero-order valence-corrected chi connectivity index (χ0v) is 7.79. The predicted octanol–water partition coefficient (Wildman–Crippen LogP) is 3.54. The van der Waals surface area contributed by atoms with Gasteiger partial charge in [-0.1, -0.05) is 36.0 Å². The van der Waals surface area contributed by atoms with E-state index >= 15 is 0 Å². The maximum Gasteiger partial charge on any atom is 0.00267 e. The van der Waals surface area contributed by atoms with E-state index in [1.807, 2.05) is 0 Å². The molecule has 3 rings (SSSR count). The van der Waals surface area contributed by atoms with Crippen molar-refractivity contribution in [1.29, 1.82) is 0 Å². The zero-order valence-electron chi connectivity index (χ0n) is 7.79. The van der Waals surface area contributed by atoms with E-state index < -0.39 is 0 Å². The van der Waals surface area contributed by atoms with Gasteiger partial charge in [0.15, 0.2) is 0 Å². The highest BCUT2D eigenvalue weighted by atomic mass is 14.3. The van der Waals surface area contributed by atoms with Crippen LogP contribution in [0.25, 0.3) is 0 Å². The van der Waals surface area contributed by atoms with E-state index in [9.17, 15) is 0 Å². The maximum atomic E-state index is 2.44. The third-order valence-corrected chi connectivity index (χ3v) is 3.32. The van der Waals surface area contributed by atoms with Crippen LogP contribution in [0.3, 0.4) is 0 Å². The Kier molecular flexibility index (Phi) is 1.55. The van der Waals surface area contributed by atoms with Crippen LogP contribution in [0, 0.1) is 5.92 Å². The highest BCUT2D eigenvalue weighted by Crippen LogP contribution is 2.41. The van der Waals surface area contributed by atoms with Crippen molar-refractivity contribution in [2.75, 3.05) is 0 Å². The smallest absolute Gasteiger partial charge is 0.00267 e. The predicted molar refractivity (Wildman–Crippen MR) is 55.3 cm³/mol. The van der Waals surface area contributed by atoms with E-state index in [0.29, 0.717) is 0 Å². The lowest BCUT2D eigenvalue weighted by atomic mass is 9.77. The second-order valence-electron chi connectivity index (χ2n) is 4.15. The van der Waals surface area contributed by atoms with Crippen LogP contribution in [0.1, 0.15) is 25.7 Å². The molecular weight excluding hydrogens is 156 g/mol. The summed E-state index contributed by atoms with van der Waals surface area (Å²) in [4.78, 5) is 0. The van der Waals surface area contributed by atoms with Crippen LogP contribution in [0.2, 0.25) is 0 Å². The molecule has 0 nitrogen and oxygen atoms in total. The molecule has 3 aliphatic carbocycles. The third kappa shape index (κ3) is 1.13. The normalized spacial score (nSPS) is 30.2. The average molecular weight is 170 g/mol. The minimum atomic E-state index is 0.737. The van der Waals surface area contributed by atoms with Gasteiger partial charge in [-0.2, -0.15) is 0 Å². The number of hydrogen-bond donors (Lipinski definition) is 0. The van der Waals surface area contributed by atoms with Crippen molar-refractivity contribution in [3.63, 3.8) is 0 Å². The summed E-state index contributed by atoms with van der Waals surface area (Å²) < 4.78 is 0. The van der Waals surface area contributed by atoms with Gasteiger partial charge >= 0.3 is 0 Å². The standard InChI is InChI=1S/C13H14/c1-2-5-11-9-13-7-3-6-12(13)8-10(11)4-1/h3-7,12H,1-2,8-9H2. The molecule has 0 aliphatic heterocycles. The molecule has 0 radical (unpaired) electrons. The molecule has 0 aromatic rings. The average Bonchev–Trinajstić information content (AvgIpc) is 2.61. The van der Waals surface area contributed by atoms with Crippen LogP contribution in [-0.2, 0) is 0 Å². The summed E-state index contributed by atoms with van der Waals surface area (Å²) in [6, 6.07) is 0. The fourth-order valence-electron chi connectivity index (χ4n) is 2.58. The molecule has 0 heterocycles. The van der Waals surface area contributed by atoms with Gasteiger partial charge in [0.25, 0.3) is 0 Å². The van der Waals surface area contributed by atoms with Gasteiger partial charge in [0, 0.05) is 5.92 Å². The Morgan fingerprint density at radius 1 is 1.08 bits per heavy atom. The largest absolute Gasteiger partial charge is 0.0807 e. The first-order valence-electron chi connectivity index (χ1n) is 5.19. The third-order valence-electron chi connectivity index (χ3n) is 3.32. The SMILES string of the molecule is C1=CC2CC3=CCCC=C3CC2=C1. The quantitative estimate of drug-likeness (QED) is 0.521. The fraction of sp³-hybridized carbons (Fsp3) is 0.385. The van der Waals surface area contributed by atoms with E-state index in [2.05, 4.69) is 30.4 Å². The molecule has 0 heteroatoms. The van der Waals surface area contributed by atoms with E-state index in [4.69, 9.17) is 0 Å². The monoisotopic (exact) mass is 170 g/mol. The van der Waals surface area contributed by atoms with Crippen molar-refractivity contribution in [2.24, 2.45) is 5.92 Å².